The highest BCUT2D eigenvalue weighted by molar-refractivity contribution is 5.74. The number of nitrogens with zero attached hydrogens (tertiary/aromatic N) is 3. The Morgan fingerprint density at radius 3 is 2.68 bits per heavy atom. The van der Waals surface area contributed by atoms with E-state index in [1.807, 2.05) is 54.0 Å². The van der Waals surface area contributed by atoms with E-state index in [9.17, 15) is 4.79 Å². The zero-order valence-electron chi connectivity index (χ0n) is 12.7. The normalized spacial score (nSPS) is 15.7. The van der Waals surface area contributed by atoms with Gasteiger partial charge >= 0.3 is 6.03 Å². The quantitative estimate of drug-likeness (QED) is 0.943. The molecule has 0 spiro atoms. The maximum atomic E-state index is 12.2. The number of rotatable bonds is 4. The standard InChI is InChI=1S/C17H22N4O/c22-17(19-12-15-4-2-1-3-5-15)21-9-6-16(7-10-21)13-20-11-8-18-14-20/h1-5,8,11,14,16H,6-7,9-10,12-13H2,(H,19,22). The second-order valence-electron chi connectivity index (χ2n) is 5.83. The summed E-state index contributed by atoms with van der Waals surface area (Å²) < 4.78 is 2.12. The molecule has 1 fully saturated rings. The van der Waals surface area contributed by atoms with E-state index in [0.29, 0.717) is 12.5 Å². The molecule has 0 atom stereocenters. The first kappa shape index (κ1) is 14.6. The minimum absolute atomic E-state index is 0.0462. The second-order valence-corrected chi connectivity index (χ2v) is 5.83. The van der Waals surface area contributed by atoms with Crippen LogP contribution >= 0.6 is 0 Å². The molecule has 0 aliphatic carbocycles. The van der Waals surface area contributed by atoms with Crippen molar-refractivity contribution in [3.63, 3.8) is 0 Å². The number of benzene rings is 1. The molecule has 22 heavy (non-hydrogen) atoms. The monoisotopic (exact) mass is 298 g/mol. The number of imidazole rings is 1. The van der Waals surface area contributed by atoms with Gasteiger partial charge in [-0.3, -0.25) is 0 Å². The first-order valence-corrected chi connectivity index (χ1v) is 7.84. The van der Waals surface area contributed by atoms with Crippen LogP contribution in [0.4, 0.5) is 4.79 Å². The van der Waals surface area contributed by atoms with E-state index in [2.05, 4.69) is 14.9 Å². The van der Waals surface area contributed by atoms with Gasteiger partial charge in [-0.1, -0.05) is 30.3 Å². The van der Waals surface area contributed by atoms with Gasteiger partial charge in [0.2, 0.25) is 0 Å². The molecule has 0 bridgehead atoms. The summed E-state index contributed by atoms with van der Waals surface area (Å²) in [4.78, 5) is 18.2. The SMILES string of the molecule is O=C(NCc1ccccc1)N1CCC(Cn2ccnc2)CC1. The lowest BCUT2D eigenvalue weighted by Crippen LogP contribution is -2.44. The zero-order chi connectivity index (χ0) is 15.2. The molecular formula is C17H22N4O. The van der Waals surface area contributed by atoms with E-state index in [1.54, 1.807) is 0 Å². The van der Waals surface area contributed by atoms with Gasteiger partial charge in [-0.2, -0.15) is 0 Å². The van der Waals surface area contributed by atoms with Crippen molar-refractivity contribution < 1.29 is 4.79 Å². The Morgan fingerprint density at radius 1 is 1.23 bits per heavy atom. The fourth-order valence-electron chi connectivity index (χ4n) is 2.90. The van der Waals surface area contributed by atoms with Crippen LogP contribution in [0.5, 0.6) is 0 Å². The third-order valence-electron chi connectivity index (χ3n) is 4.22. The summed E-state index contributed by atoms with van der Waals surface area (Å²) in [5, 5.41) is 3.00. The molecule has 5 heteroatoms. The molecule has 1 aromatic heterocycles. The van der Waals surface area contributed by atoms with Gasteiger partial charge in [0.25, 0.3) is 0 Å². The molecule has 0 unspecified atom stereocenters. The molecule has 1 aliphatic rings. The Labute approximate surface area is 131 Å². The van der Waals surface area contributed by atoms with Crippen molar-refractivity contribution in [3.05, 3.63) is 54.6 Å². The lowest BCUT2D eigenvalue weighted by molar-refractivity contribution is 0.165. The van der Waals surface area contributed by atoms with Crippen molar-refractivity contribution in [2.24, 2.45) is 5.92 Å². The molecule has 3 rings (SSSR count). The Balaban J connectivity index is 1.42. The van der Waals surface area contributed by atoms with Gasteiger partial charge < -0.3 is 14.8 Å². The van der Waals surface area contributed by atoms with Crippen LogP contribution in [0.2, 0.25) is 0 Å². The van der Waals surface area contributed by atoms with Gasteiger partial charge in [0.15, 0.2) is 0 Å². The van der Waals surface area contributed by atoms with Gasteiger partial charge in [0.05, 0.1) is 6.33 Å². The molecule has 2 amide bonds. The molecule has 1 N–H and O–H groups in total. The summed E-state index contributed by atoms with van der Waals surface area (Å²) in [6.07, 6.45) is 7.78. The molecule has 5 nitrogen and oxygen atoms in total. The summed E-state index contributed by atoms with van der Waals surface area (Å²) >= 11 is 0. The van der Waals surface area contributed by atoms with E-state index in [1.165, 1.54) is 0 Å². The number of amides is 2. The fourth-order valence-corrected chi connectivity index (χ4v) is 2.90. The molecule has 0 saturated carbocycles. The van der Waals surface area contributed by atoms with Crippen LogP contribution in [0.25, 0.3) is 0 Å². The van der Waals surface area contributed by atoms with Crippen LogP contribution in [-0.4, -0.2) is 33.6 Å². The molecule has 0 radical (unpaired) electrons. The van der Waals surface area contributed by atoms with Gasteiger partial charge in [-0.25, -0.2) is 9.78 Å². The topological polar surface area (TPSA) is 50.2 Å². The Bertz CT molecular complexity index is 574. The van der Waals surface area contributed by atoms with E-state index in [0.717, 1.165) is 38.0 Å². The average Bonchev–Trinajstić information content (AvgIpc) is 3.07. The summed E-state index contributed by atoms with van der Waals surface area (Å²) in [6.45, 7) is 3.26. The number of aromatic nitrogens is 2. The molecular weight excluding hydrogens is 276 g/mol. The molecule has 2 aromatic rings. The van der Waals surface area contributed by atoms with E-state index < -0.39 is 0 Å². The van der Waals surface area contributed by atoms with Crippen molar-refractivity contribution in [2.45, 2.75) is 25.9 Å². The predicted octanol–water partition coefficient (Wildman–Crippen LogP) is 2.50. The predicted molar refractivity (Wildman–Crippen MR) is 85.2 cm³/mol. The van der Waals surface area contributed by atoms with Crippen molar-refractivity contribution in [2.75, 3.05) is 13.1 Å². The molecule has 2 heterocycles. The zero-order valence-corrected chi connectivity index (χ0v) is 12.7. The number of piperidine rings is 1. The van der Waals surface area contributed by atoms with Crippen molar-refractivity contribution in [3.8, 4) is 0 Å². The smallest absolute Gasteiger partial charge is 0.317 e. The first-order chi connectivity index (χ1) is 10.8. The van der Waals surface area contributed by atoms with Crippen molar-refractivity contribution in [1.82, 2.24) is 19.8 Å². The van der Waals surface area contributed by atoms with Crippen LogP contribution in [0.3, 0.4) is 0 Å². The fraction of sp³-hybridized carbons (Fsp3) is 0.412. The molecule has 1 saturated heterocycles. The van der Waals surface area contributed by atoms with Crippen LogP contribution < -0.4 is 5.32 Å². The van der Waals surface area contributed by atoms with Gasteiger partial charge in [-0.05, 0) is 24.3 Å². The highest BCUT2D eigenvalue weighted by atomic mass is 16.2. The molecule has 1 aromatic carbocycles. The maximum absolute atomic E-state index is 12.2. The summed E-state index contributed by atoms with van der Waals surface area (Å²) in [5.41, 5.74) is 1.13. The number of urea groups is 1. The Hall–Kier alpha value is -2.30. The second kappa shape index (κ2) is 7.11. The summed E-state index contributed by atoms with van der Waals surface area (Å²) in [6, 6.07) is 10.1. The van der Waals surface area contributed by atoms with Crippen LogP contribution in [0, 0.1) is 5.92 Å². The first-order valence-electron chi connectivity index (χ1n) is 7.84. The Kier molecular flexibility index (Phi) is 4.73. The minimum atomic E-state index is 0.0462. The number of hydrogen-bond acceptors (Lipinski definition) is 2. The number of carbonyl (C=O) groups is 1. The van der Waals surface area contributed by atoms with Gasteiger partial charge in [0, 0.05) is 38.6 Å². The Morgan fingerprint density at radius 2 is 2.00 bits per heavy atom. The van der Waals surface area contributed by atoms with Crippen LogP contribution in [0.15, 0.2) is 49.1 Å². The molecule has 1 aliphatic heterocycles. The minimum Gasteiger partial charge on any atom is -0.337 e. The lowest BCUT2D eigenvalue weighted by atomic mass is 9.97. The van der Waals surface area contributed by atoms with Crippen molar-refractivity contribution >= 4 is 6.03 Å². The van der Waals surface area contributed by atoms with E-state index >= 15 is 0 Å². The summed E-state index contributed by atoms with van der Waals surface area (Å²) in [7, 11) is 0. The number of hydrogen-bond donors (Lipinski definition) is 1. The van der Waals surface area contributed by atoms with Crippen LogP contribution in [-0.2, 0) is 13.1 Å². The third-order valence-corrected chi connectivity index (χ3v) is 4.22. The average molecular weight is 298 g/mol. The number of nitrogens with one attached hydrogen (secondary N) is 1. The van der Waals surface area contributed by atoms with E-state index in [4.69, 9.17) is 0 Å². The van der Waals surface area contributed by atoms with Gasteiger partial charge in [-0.15, -0.1) is 0 Å². The maximum Gasteiger partial charge on any atom is 0.317 e. The largest absolute Gasteiger partial charge is 0.337 e. The summed E-state index contributed by atoms with van der Waals surface area (Å²) in [5.74, 6) is 0.632. The van der Waals surface area contributed by atoms with E-state index in [-0.39, 0.29) is 6.03 Å². The van der Waals surface area contributed by atoms with Crippen LogP contribution in [0.1, 0.15) is 18.4 Å². The van der Waals surface area contributed by atoms with Gasteiger partial charge in [0.1, 0.15) is 0 Å². The van der Waals surface area contributed by atoms with Crippen molar-refractivity contribution in [1.29, 1.82) is 0 Å². The highest BCUT2D eigenvalue weighted by Crippen LogP contribution is 2.19. The lowest BCUT2D eigenvalue weighted by Gasteiger charge is -2.32. The molecule has 116 valence electrons. The third kappa shape index (κ3) is 3.87. The highest BCUT2D eigenvalue weighted by Gasteiger charge is 2.22. The number of likely N-dealkylation sites (tertiary alicyclic amines) is 1. The number of carbonyl (C=O) groups excluding carboxylic acids is 1.